The summed E-state index contributed by atoms with van der Waals surface area (Å²) in [4.78, 5) is 11.9. The van der Waals surface area contributed by atoms with E-state index >= 15 is 0 Å². The fourth-order valence-corrected chi connectivity index (χ4v) is 2.92. The van der Waals surface area contributed by atoms with E-state index in [1.54, 1.807) is 0 Å². The number of nitrogens with one attached hydrogen (secondary N) is 1. The Hall–Kier alpha value is -1.29. The molecule has 0 heterocycles. The molecule has 0 bridgehead atoms. The third kappa shape index (κ3) is 4.34. The summed E-state index contributed by atoms with van der Waals surface area (Å²) in [7, 11) is 0. The molecule has 1 aromatic rings. The van der Waals surface area contributed by atoms with Crippen LogP contribution in [0.2, 0.25) is 5.02 Å². The number of carbonyl (C=O) groups is 1. The molecule has 0 saturated heterocycles. The van der Waals surface area contributed by atoms with E-state index in [2.05, 4.69) is 19.2 Å². The number of halogens is 2. The smallest absolute Gasteiger partial charge is 0.258 e. The average molecular weight is 314 g/mol. The highest BCUT2D eigenvalue weighted by molar-refractivity contribution is 6.30. The van der Waals surface area contributed by atoms with Gasteiger partial charge in [-0.3, -0.25) is 4.79 Å². The molecule has 21 heavy (non-hydrogen) atoms. The number of amides is 1. The van der Waals surface area contributed by atoms with Gasteiger partial charge in [0.05, 0.1) is 5.02 Å². The minimum absolute atomic E-state index is 0.0114. The SMILES string of the molecule is CC1CCCC(NC(=O)COc2ccc(F)c(Cl)c2)C1C. The molecule has 1 fully saturated rings. The molecule has 1 aliphatic carbocycles. The van der Waals surface area contributed by atoms with Crippen LogP contribution in [0.4, 0.5) is 4.39 Å². The van der Waals surface area contributed by atoms with Crippen LogP contribution in [0.15, 0.2) is 18.2 Å². The second kappa shape index (κ2) is 7.12. The van der Waals surface area contributed by atoms with E-state index in [9.17, 15) is 9.18 Å². The number of rotatable bonds is 4. The van der Waals surface area contributed by atoms with Gasteiger partial charge < -0.3 is 10.1 Å². The quantitative estimate of drug-likeness (QED) is 0.918. The van der Waals surface area contributed by atoms with Crippen LogP contribution in [0.5, 0.6) is 5.75 Å². The maximum atomic E-state index is 13.0. The lowest BCUT2D eigenvalue weighted by Gasteiger charge is -2.34. The van der Waals surface area contributed by atoms with E-state index in [1.165, 1.54) is 24.6 Å². The number of benzene rings is 1. The van der Waals surface area contributed by atoms with Gasteiger partial charge in [-0.2, -0.15) is 0 Å². The van der Waals surface area contributed by atoms with Crippen LogP contribution in [-0.4, -0.2) is 18.6 Å². The third-order valence-corrected chi connectivity index (χ3v) is 4.60. The molecule has 1 N–H and O–H groups in total. The number of ether oxygens (including phenoxy) is 1. The van der Waals surface area contributed by atoms with Crippen LogP contribution in [0.3, 0.4) is 0 Å². The number of hydrogen-bond donors (Lipinski definition) is 1. The largest absolute Gasteiger partial charge is 0.484 e. The van der Waals surface area contributed by atoms with E-state index in [4.69, 9.17) is 16.3 Å². The van der Waals surface area contributed by atoms with Crippen molar-refractivity contribution < 1.29 is 13.9 Å². The lowest BCUT2D eigenvalue weighted by molar-refractivity contribution is -0.124. The summed E-state index contributed by atoms with van der Waals surface area (Å²) < 4.78 is 18.4. The van der Waals surface area contributed by atoms with Crippen molar-refractivity contribution >= 4 is 17.5 Å². The minimum atomic E-state index is -0.501. The zero-order valence-corrected chi connectivity index (χ0v) is 13.1. The van der Waals surface area contributed by atoms with Gasteiger partial charge in [0, 0.05) is 12.1 Å². The molecular weight excluding hydrogens is 293 g/mol. The summed E-state index contributed by atoms with van der Waals surface area (Å²) in [6.07, 6.45) is 3.38. The predicted molar refractivity (Wildman–Crippen MR) is 81.0 cm³/mol. The topological polar surface area (TPSA) is 38.3 Å². The summed E-state index contributed by atoms with van der Waals surface area (Å²) >= 11 is 5.66. The van der Waals surface area contributed by atoms with Gasteiger partial charge in [-0.25, -0.2) is 4.39 Å². The lowest BCUT2D eigenvalue weighted by Crippen LogP contribution is -2.45. The van der Waals surface area contributed by atoms with Crippen LogP contribution < -0.4 is 10.1 Å². The van der Waals surface area contributed by atoms with E-state index in [0.717, 1.165) is 12.8 Å². The predicted octanol–water partition coefficient (Wildman–Crippen LogP) is 3.80. The normalized spacial score (nSPS) is 25.4. The number of hydrogen-bond acceptors (Lipinski definition) is 2. The Labute approximate surface area is 129 Å². The van der Waals surface area contributed by atoms with Gasteiger partial charge in [0.1, 0.15) is 11.6 Å². The first kappa shape index (κ1) is 16.1. The van der Waals surface area contributed by atoms with Crippen molar-refractivity contribution in [1.29, 1.82) is 0 Å². The maximum Gasteiger partial charge on any atom is 0.258 e. The molecule has 0 radical (unpaired) electrons. The Morgan fingerprint density at radius 1 is 1.43 bits per heavy atom. The Kier molecular flexibility index (Phi) is 5.45. The van der Waals surface area contributed by atoms with Crippen LogP contribution >= 0.6 is 11.6 Å². The summed E-state index contributed by atoms with van der Waals surface area (Å²) in [6.45, 7) is 4.31. The molecule has 3 unspecified atom stereocenters. The van der Waals surface area contributed by atoms with Crippen molar-refractivity contribution in [2.45, 2.75) is 39.2 Å². The van der Waals surface area contributed by atoms with E-state index < -0.39 is 5.82 Å². The van der Waals surface area contributed by atoms with E-state index in [-0.39, 0.29) is 23.6 Å². The summed E-state index contributed by atoms with van der Waals surface area (Å²) in [5, 5.41) is 3.01. The first-order valence-corrected chi connectivity index (χ1v) is 7.72. The molecule has 1 aliphatic rings. The second-order valence-corrected chi connectivity index (χ2v) is 6.21. The summed E-state index contributed by atoms with van der Waals surface area (Å²) in [5.41, 5.74) is 0. The Bertz CT molecular complexity index is 509. The van der Waals surface area contributed by atoms with Crippen LogP contribution in [0.1, 0.15) is 33.1 Å². The van der Waals surface area contributed by atoms with Crippen molar-refractivity contribution in [2.75, 3.05) is 6.61 Å². The maximum absolute atomic E-state index is 13.0. The first-order chi connectivity index (χ1) is 9.97. The van der Waals surface area contributed by atoms with Gasteiger partial charge in [0.15, 0.2) is 6.61 Å². The zero-order chi connectivity index (χ0) is 15.4. The Balaban J connectivity index is 1.83. The highest BCUT2D eigenvalue weighted by atomic mass is 35.5. The molecule has 5 heteroatoms. The minimum Gasteiger partial charge on any atom is -0.484 e. The van der Waals surface area contributed by atoms with Gasteiger partial charge in [-0.05, 0) is 30.4 Å². The third-order valence-electron chi connectivity index (χ3n) is 4.31. The number of carbonyl (C=O) groups excluding carboxylic acids is 1. The van der Waals surface area contributed by atoms with Crippen LogP contribution in [0, 0.1) is 17.7 Å². The van der Waals surface area contributed by atoms with E-state index in [0.29, 0.717) is 17.6 Å². The summed E-state index contributed by atoms with van der Waals surface area (Å²) in [5.74, 6) is 0.838. The van der Waals surface area contributed by atoms with E-state index in [1.807, 2.05) is 0 Å². The van der Waals surface area contributed by atoms with Gasteiger partial charge in [-0.15, -0.1) is 0 Å². The first-order valence-electron chi connectivity index (χ1n) is 7.34. The standard InChI is InChI=1S/C16H21ClFNO2/c1-10-4-3-5-15(11(10)2)19-16(20)9-21-12-6-7-14(18)13(17)8-12/h6-8,10-11,15H,3-5,9H2,1-2H3,(H,19,20). The molecule has 3 nitrogen and oxygen atoms in total. The summed E-state index contributed by atoms with van der Waals surface area (Å²) in [6, 6.07) is 4.26. The zero-order valence-electron chi connectivity index (χ0n) is 12.4. The second-order valence-electron chi connectivity index (χ2n) is 5.81. The van der Waals surface area contributed by atoms with Gasteiger partial charge >= 0.3 is 0 Å². The molecule has 0 spiro atoms. The molecule has 1 saturated carbocycles. The monoisotopic (exact) mass is 313 g/mol. The van der Waals surface area contributed by atoms with Crippen molar-refractivity contribution in [1.82, 2.24) is 5.32 Å². The van der Waals surface area contributed by atoms with Gasteiger partial charge in [0.2, 0.25) is 0 Å². The highest BCUT2D eigenvalue weighted by Gasteiger charge is 2.28. The van der Waals surface area contributed by atoms with Crippen molar-refractivity contribution in [3.8, 4) is 5.75 Å². The fraction of sp³-hybridized carbons (Fsp3) is 0.562. The molecular formula is C16H21ClFNO2. The lowest BCUT2D eigenvalue weighted by atomic mass is 9.78. The van der Waals surface area contributed by atoms with Crippen molar-refractivity contribution in [3.63, 3.8) is 0 Å². The Morgan fingerprint density at radius 2 is 2.19 bits per heavy atom. The van der Waals surface area contributed by atoms with Crippen molar-refractivity contribution in [2.24, 2.45) is 11.8 Å². The average Bonchev–Trinajstić information content (AvgIpc) is 2.45. The Morgan fingerprint density at radius 3 is 2.90 bits per heavy atom. The van der Waals surface area contributed by atoms with Crippen LogP contribution in [0.25, 0.3) is 0 Å². The van der Waals surface area contributed by atoms with Crippen LogP contribution in [-0.2, 0) is 4.79 Å². The molecule has 0 aliphatic heterocycles. The van der Waals surface area contributed by atoms with Gasteiger partial charge in [-0.1, -0.05) is 38.3 Å². The molecule has 1 amide bonds. The molecule has 2 rings (SSSR count). The molecule has 0 aromatic heterocycles. The fourth-order valence-electron chi connectivity index (χ4n) is 2.75. The molecule has 1 aromatic carbocycles. The van der Waals surface area contributed by atoms with Gasteiger partial charge in [0.25, 0.3) is 5.91 Å². The molecule has 116 valence electrons. The highest BCUT2D eigenvalue weighted by Crippen LogP contribution is 2.29. The van der Waals surface area contributed by atoms with Crippen molar-refractivity contribution in [3.05, 3.63) is 29.0 Å². The molecule has 3 atom stereocenters.